The predicted octanol–water partition coefficient (Wildman–Crippen LogP) is 1.65. The lowest BCUT2D eigenvalue weighted by molar-refractivity contribution is 0.0384. The molecule has 112 valence electrons. The van der Waals surface area contributed by atoms with Crippen LogP contribution in [0.1, 0.15) is 50.4 Å². The summed E-state index contributed by atoms with van der Waals surface area (Å²) in [6.45, 7) is 7.03. The molecule has 1 aliphatic heterocycles. The summed E-state index contributed by atoms with van der Waals surface area (Å²) in [7, 11) is 0. The first-order chi connectivity index (χ1) is 9.83. The van der Waals surface area contributed by atoms with Crippen molar-refractivity contribution in [3.8, 4) is 0 Å². The van der Waals surface area contributed by atoms with Gasteiger partial charge in [0, 0.05) is 12.6 Å². The summed E-state index contributed by atoms with van der Waals surface area (Å²) in [5, 5.41) is 7.55. The largest absolute Gasteiger partial charge is 0.379 e. The molecule has 20 heavy (non-hydrogen) atoms. The molecule has 3 unspecified atom stereocenters. The van der Waals surface area contributed by atoms with Gasteiger partial charge in [0.25, 0.3) is 0 Å². The second kappa shape index (κ2) is 6.20. The minimum Gasteiger partial charge on any atom is -0.379 e. The van der Waals surface area contributed by atoms with E-state index in [9.17, 15) is 0 Å². The van der Waals surface area contributed by atoms with Crippen LogP contribution in [0, 0.1) is 5.92 Å². The number of nitrogens with zero attached hydrogens (tertiary/aromatic N) is 2. The van der Waals surface area contributed by atoms with Crippen molar-refractivity contribution in [3.63, 3.8) is 0 Å². The molecule has 1 aromatic heterocycles. The quantitative estimate of drug-likeness (QED) is 0.819. The van der Waals surface area contributed by atoms with E-state index in [0.29, 0.717) is 37.5 Å². The van der Waals surface area contributed by atoms with E-state index in [0.717, 1.165) is 6.54 Å². The van der Waals surface area contributed by atoms with Gasteiger partial charge in [-0.3, -0.25) is 0 Å². The molecule has 1 aliphatic carbocycles. The molecule has 0 bridgehead atoms. The lowest BCUT2D eigenvalue weighted by atomic mass is 10.0. The van der Waals surface area contributed by atoms with Crippen molar-refractivity contribution < 1.29 is 14.0 Å². The molecular weight excluding hydrogens is 258 g/mol. The normalized spacial score (nSPS) is 27.9. The Morgan fingerprint density at radius 3 is 2.90 bits per heavy atom. The third-order valence-corrected chi connectivity index (χ3v) is 3.97. The zero-order valence-electron chi connectivity index (χ0n) is 12.2. The molecular formula is C14H23N3O3. The number of aromatic nitrogens is 2. The van der Waals surface area contributed by atoms with E-state index in [4.69, 9.17) is 14.0 Å². The molecule has 3 rings (SSSR count). The molecule has 6 heteroatoms. The smallest absolute Gasteiger partial charge is 0.233 e. The zero-order chi connectivity index (χ0) is 13.9. The van der Waals surface area contributed by atoms with Gasteiger partial charge in [-0.1, -0.05) is 12.1 Å². The topological polar surface area (TPSA) is 69.4 Å². The van der Waals surface area contributed by atoms with Crippen molar-refractivity contribution in [1.29, 1.82) is 0 Å². The van der Waals surface area contributed by atoms with Gasteiger partial charge in [0.05, 0.1) is 19.1 Å². The number of hydrogen-bond donors (Lipinski definition) is 1. The van der Waals surface area contributed by atoms with E-state index in [1.165, 1.54) is 12.8 Å². The van der Waals surface area contributed by atoms with Crippen molar-refractivity contribution in [1.82, 2.24) is 15.5 Å². The standard InChI is InChI=1S/C14H23N3O3/c1-3-15-11-8-18-7-10(11)14-16-13(17-20-14)12(19-4-2)9-5-6-9/h9-12,15H,3-8H2,1-2H3. The molecule has 2 aliphatic rings. The van der Waals surface area contributed by atoms with E-state index in [1.807, 2.05) is 6.92 Å². The lowest BCUT2D eigenvalue weighted by Gasteiger charge is -2.14. The number of hydrogen-bond acceptors (Lipinski definition) is 6. The maximum atomic E-state index is 5.77. The summed E-state index contributed by atoms with van der Waals surface area (Å²) >= 11 is 0. The van der Waals surface area contributed by atoms with Crippen LogP contribution >= 0.6 is 0 Å². The van der Waals surface area contributed by atoms with Gasteiger partial charge in [-0.2, -0.15) is 4.98 Å². The van der Waals surface area contributed by atoms with Crippen LogP contribution in [0.5, 0.6) is 0 Å². The highest BCUT2D eigenvalue weighted by atomic mass is 16.5. The second-order valence-electron chi connectivity index (χ2n) is 5.51. The average molecular weight is 281 g/mol. The molecule has 0 spiro atoms. The van der Waals surface area contributed by atoms with Crippen LogP contribution in [0.3, 0.4) is 0 Å². The molecule has 0 aromatic carbocycles. The van der Waals surface area contributed by atoms with Crippen LogP contribution in [-0.2, 0) is 9.47 Å². The van der Waals surface area contributed by atoms with E-state index in [1.54, 1.807) is 0 Å². The number of nitrogens with one attached hydrogen (secondary N) is 1. The van der Waals surface area contributed by atoms with E-state index >= 15 is 0 Å². The Morgan fingerprint density at radius 2 is 2.20 bits per heavy atom. The van der Waals surface area contributed by atoms with Gasteiger partial charge in [-0.05, 0) is 32.2 Å². The van der Waals surface area contributed by atoms with E-state index in [-0.39, 0.29) is 18.1 Å². The first kappa shape index (κ1) is 14.0. The van der Waals surface area contributed by atoms with E-state index < -0.39 is 0 Å². The monoisotopic (exact) mass is 281 g/mol. The molecule has 1 aromatic rings. The van der Waals surface area contributed by atoms with Crippen LogP contribution in [0.15, 0.2) is 4.52 Å². The van der Waals surface area contributed by atoms with Crippen molar-refractivity contribution in [2.45, 2.75) is 44.8 Å². The van der Waals surface area contributed by atoms with Gasteiger partial charge in [0.15, 0.2) is 0 Å². The van der Waals surface area contributed by atoms with Gasteiger partial charge in [0.1, 0.15) is 6.10 Å². The van der Waals surface area contributed by atoms with Gasteiger partial charge in [-0.25, -0.2) is 0 Å². The summed E-state index contributed by atoms with van der Waals surface area (Å²) in [6.07, 6.45) is 2.39. The Morgan fingerprint density at radius 1 is 1.35 bits per heavy atom. The van der Waals surface area contributed by atoms with E-state index in [2.05, 4.69) is 22.4 Å². The minimum atomic E-state index is -0.00240. The Labute approximate surface area is 119 Å². The highest BCUT2D eigenvalue weighted by Gasteiger charge is 2.38. The molecule has 3 atom stereocenters. The zero-order valence-corrected chi connectivity index (χ0v) is 12.2. The molecule has 1 saturated heterocycles. The average Bonchev–Trinajstić information content (AvgIpc) is 2.98. The van der Waals surface area contributed by atoms with Crippen LogP contribution in [0.25, 0.3) is 0 Å². The molecule has 0 amide bonds. The maximum Gasteiger partial charge on any atom is 0.233 e. The van der Waals surface area contributed by atoms with Crippen molar-refractivity contribution in [2.24, 2.45) is 5.92 Å². The predicted molar refractivity (Wildman–Crippen MR) is 72.4 cm³/mol. The Bertz CT molecular complexity index is 433. The van der Waals surface area contributed by atoms with Gasteiger partial charge >= 0.3 is 0 Å². The van der Waals surface area contributed by atoms with Crippen LogP contribution in [0.4, 0.5) is 0 Å². The minimum absolute atomic E-state index is 0.00240. The van der Waals surface area contributed by atoms with Crippen molar-refractivity contribution >= 4 is 0 Å². The SMILES string of the molecule is CCNC1COCC1c1nc(C(OCC)C2CC2)no1. The summed E-state index contributed by atoms with van der Waals surface area (Å²) < 4.78 is 16.8. The summed E-state index contributed by atoms with van der Waals surface area (Å²) in [6, 6.07) is 0.264. The van der Waals surface area contributed by atoms with Crippen LogP contribution < -0.4 is 5.32 Å². The highest BCUT2D eigenvalue weighted by molar-refractivity contribution is 5.05. The third-order valence-electron chi connectivity index (χ3n) is 3.97. The maximum absolute atomic E-state index is 5.77. The van der Waals surface area contributed by atoms with Crippen LogP contribution in [-0.4, -0.2) is 42.5 Å². The van der Waals surface area contributed by atoms with Crippen LogP contribution in [0.2, 0.25) is 0 Å². The fraction of sp³-hybridized carbons (Fsp3) is 0.857. The first-order valence-corrected chi connectivity index (χ1v) is 7.59. The first-order valence-electron chi connectivity index (χ1n) is 7.59. The number of rotatable bonds is 7. The molecule has 0 radical (unpaired) electrons. The molecule has 2 heterocycles. The molecule has 1 N–H and O–H groups in total. The number of likely N-dealkylation sites (N-methyl/N-ethyl adjacent to an activating group) is 1. The number of ether oxygens (including phenoxy) is 2. The van der Waals surface area contributed by atoms with Gasteiger partial charge in [0.2, 0.25) is 11.7 Å². The molecule has 1 saturated carbocycles. The Hall–Kier alpha value is -0.980. The van der Waals surface area contributed by atoms with Gasteiger partial charge in [-0.15, -0.1) is 0 Å². The Kier molecular flexibility index (Phi) is 4.33. The fourth-order valence-electron chi connectivity index (χ4n) is 2.77. The summed E-state index contributed by atoms with van der Waals surface area (Å²) in [4.78, 5) is 4.58. The molecule has 2 fully saturated rings. The Balaban J connectivity index is 1.72. The van der Waals surface area contributed by atoms with Gasteiger partial charge < -0.3 is 19.3 Å². The second-order valence-corrected chi connectivity index (χ2v) is 5.51. The summed E-state index contributed by atoms with van der Waals surface area (Å²) in [5.41, 5.74) is 0. The summed E-state index contributed by atoms with van der Waals surface area (Å²) in [5.74, 6) is 2.09. The van der Waals surface area contributed by atoms with Crippen molar-refractivity contribution in [3.05, 3.63) is 11.7 Å². The fourth-order valence-corrected chi connectivity index (χ4v) is 2.77. The highest BCUT2D eigenvalue weighted by Crippen LogP contribution is 2.42. The molecule has 6 nitrogen and oxygen atoms in total. The third kappa shape index (κ3) is 2.87. The lowest BCUT2D eigenvalue weighted by Crippen LogP contribution is -2.34. The van der Waals surface area contributed by atoms with Crippen molar-refractivity contribution in [2.75, 3.05) is 26.4 Å².